The van der Waals surface area contributed by atoms with E-state index < -0.39 is 11.9 Å². The summed E-state index contributed by atoms with van der Waals surface area (Å²) in [6.07, 6.45) is 0.529. The number of aliphatic hydroxyl groups excluding tert-OH is 1. The molecule has 3 rings (SSSR count). The molecule has 2 aliphatic heterocycles. The van der Waals surface area contributed by atoms with Gasteiger partial charge in [-0.1, -0.05) is 23.7 Å². The Bertz CT molecular complexity index is 659. The van der Waals surface area contributed by atoms with Gasteiger partial charge in [0.15, 0.2) is 0 Å². The van der Waals surface area contributed by atoms with Gasteiger partial charge in [-0.15, -0.1) is 0 Å². The topological polar surface area (TPSA) is 86.7 Å². The van der Waals surface area contributed by atoms with Crippen molar-refractivity contribution in [1.82, 2.24) is 10.2 Å². The molecule has 21 heavy (non-hydrogen) atoms. The smallest absolute Gasteiger partial charge is 0.256 e. The van der Waals surface area contributed by atoms with E-state index >= 15 is 0 Å². The average Bonchev–Trinajstić information content (AvgIpc) is 2.77. The number of fused-ring (bicyclic) bond motifs is 1. The summed E-state index contributed by atoms with van der Waals surface area (Å²) in [5.74, 6) is -1.10. The maximum Gasteiger partial charge on any atom is 0.256 e. The van der Waals surface area contributed by atoms with Crippen LogP contribution in [-0.4, -0.2) is 33.8 Å². The minimum Gasteiger partial charge on any atom is -0.392 e. The second-order valence-corrected chi connectivity index (χ2v) is 5.51. The van der Waals surface area contributed by atoms with Gasteiger partial charge in [-0.25, -0.2) is 0 Å². The minimum atomic E-state index is -0.656. The molecule has 0 radical (unpaired) electrons. The van der Waals surface area contributed by atoms with Gasteiger partial charge in [0.05, 0.1) is 17.2 Å². The zero-order chi connectivity index (χ0) is 15.1. The molecule has 0 saturated carbocycles. The first-order valence-corrected chi connectivity index (χ1v) is 6.96. The largest absolute Gasteiger partial charge is 0.392 e. The van der Waals surface area contributed by atoms with Crippen LogP contribution in [0.2, 0.25) is 5.02 Å². The molecule has 2 aliphatic rings. The van der Waals surface area contributed by atoms with Crippen molar-refractivity contribution in [2.75, 3.05) is 0 Å². The summed E-state index contributed by atoms with van der Waals surface area (Å²) in [4.78, 5) is 37.0. The molecule has 1 unspecified atom stereocenters. The highest BCUT2D eigenvalue weighted by Gasteiger charge is 2.40. The summed E-state index contributed by atoms with van der Waals surface area (Å²) in [7, 11) is 0. The van der Waals surface area contributed by atoms with Crippen LogP contribution in [-0.2, 0) is 22.7 Å². The molecule has 1 aromatic rings. The molecular formula is C14H13ClN2O4. The Morgan fingerprint density at radius 3 is 2.76 bits per heavy atom. The normalized spacial score (nSPS) is 21.5. The van der Waals surface area contributed by atoms with E-state index in [0.29, 0.717) is 17.5 Å². The van der Waals surface area contributed by atoms with Crippen molar-refractivity contribution in [1.29, 1.82) is 0 Å². The van der Waals surface area contributed by atoms with Gasteiger partial charge in [-0.2, -0.15) is 0 Å². The fourth-order valence-electron chi connectivity index (χ4n) is 2.77. The van der Waals surface area contributed by atoms with Gasteiger partial charge < -0.3 is 10.0 Å². The number of benzene rings is 1. The first kappa shape index (κ1) is 14.0. The van der Waals surface area contributed by atoms with E-state index in [-0.39, 0.29) is 36.4 Å². The van der Waals surface area contributed by atoms with E-state index in [2.05, 4.69) is 5.32 Å². The van der Waals surface area contributed by atoms with Crippen LogP contribution in [0.3, 0.4) is 0 Å². The Kier molecular flexibility index (Phi) is 3.43. The molecule has 0 aliphatic carbocycles. The molecule has 7 heteroatoms. The first-order valence-electron chi connectivity index (χ1n) is 6.58. The van der Waals surface area contributed by atoms with E-state index in [4.69, 9.17) is 11.6 Å². The lowest BCUT2D eigenvalue weighted by atomic mass is 10.0. The van der Waals surface area contributed by atoms with Gasteiger partial charge in [-0.05, 0) is 17.5 Å². The number of nitrogens with zero attached hydrogens (tertiary/aromatic N) is 1. The van der Waals surface area contributed by atoms with Crippen LogP contribution in [0.4, 0.5) is 0 Å². The van der Waals surface area contributed by atoms with Gasteiger partial charge in [-0.3, -0.25) is 19.7 Å². The number of piperidine rings is 1. The van der Waals surface area contributed by atoms with Gasteiger partial charge in [0.1, 0.15) is 6.04 Å². The lowest BCUT2D eigenvalue weighted by Crippen LogP contribution is -2.52. The number of aliphatic hydroxyl groups is 1. The zero-order valence-electron chi connectivity index (χ0n) is 11.1. The monoisotopic (exact) mass is 308 g/mol. The Hall–Kier alpha value is -1.92. The van der Waals surface area contributed by atoms with Gasteiger partial charge in [0.25, 0.3) is 5.91 Å². The van der Waals surface area contributed by atoms with Crippen LogP contribution in [0.25, 0.3) is 0 Å². The number of imide groups is 1. The number of carbonyl (C=O) groups is 3. The van der Waals surface area contributed by atoms with Crippen LogP contribution in [0.1, 0.15) is 34.3 Å². The van der Waals surface area contributed by atoms with Crippen LogP contribution < -0.4 is 5.32 Å². The van der Waals surface area contributed by atoms with Crippen LogP contribution in [0, 0.1) is 0 Å². The van der Waals surface area contributed by atoms with E-state index in [9.17, 15) is 19.5 Å². The number of hydrogen-bond donors (Lipinski definition) is 2. The molecule has 1 fully saturated rings. The van der Waals surface area contributed by atoms with Crippen molar-refractivity contribution >= 4 is 29.3 Å². The Balaban J connectivity index is 1.92. The van der Waals surface area contributed by atoms with Crippen molar-refractivity contribution in [2.24, 2.45) is 0 Å². The van der Waals surface area contributed by atoms with Crippen LogP contribution >= 0.6 is 11.6 Å². The number of rotatable bonds is 2. The quantitative estimate of drug-likeness (QED) is 0.783. The molecule has 0 aromatic heterocycles. The lowest BCUT2D eigenvalue weighted by molar-refractivity contribution is -0.136. The maximum atomic E-state index is 12.5. The molecule has 2 N–H and O–H groups in total. The number of hydrogen-bond acceptors (Lipinski definition) is 4. The third-order valence-electron chi connectivity index (χ3n) is 3.88. The third kappa shape index (κ3) is 2.20. The van der Waals surface area contributed by atoms with Gasteiger partial charge >= 0.3 is 0 Å². The molecule has 0 bridgehead atoms. The maximum absolute atomic E-state index is 12.5. The number of nitrogens with one attached hydrogen (secondary N) is 1. The molecule has 2 heterocycles. The molecule has 6 nitrogen and oxygen atoms in total. The second-order valence-electron chi connectivity index (χ2n) is 5.13. The predicted octanol–water partition coefficient (Wildman–Crippen LogP) is 0.593. The zero-order valence-corrected chi connectivity index (χ0v) is 11.8. The van der Waals surface area contributed by atoms with Crippen LogP contribution in [0.5, 0.6) is 0 Å². The van der Waals surface area contributed by atoms with Crippen molar-refractivity contribution in [3.8, 4) is 0 Å². The van der Waals surface area contributed by atoms with E-state index in [1.165, 1.54) is 4.90 Å². The Morgan fingerprint density at radius 1 is 1.33 bits per heavy atom. The predicted molar refractivity (Wildman–Crippen MR) is 73.4 cm³/mol. The second kappa shape index (κ2) is 5.13. The summed E-state index contributed by atoms with van der Waals surface area (Å²) < 4.78 is 0. The van der Waals surface area contributed by atoms with Gasteiger partial charge in [0, 0.05) is 13.0 Å². The lowest BCUT2D eigenvalue weighted by Gasteiger charge is -2.29. The standard InChI is InChI=1S/C14H13ClN2O4/c15-12-8(6-18)2-1-7-5-17(14(21)11(7)12)9-3-4-10(19)16-13(9)20/h1-2,9,18H,3-6H2,(H,16,19,20). The summed E-state index contributed by atoms with van der Waals surface area (Å²) >= 11 is 6.15. The molecule has 0 spiro atoms. The van der Waals surface area contributed by atoms with Crippen molar-refractivity contribution in [3.63, 3.8) is 0 Å². The molecule has 1 aromatic carbocycles. The number of halogens is 1. The number of carbonyl (C=O) groups excluding carboxylic acids is 3. The fraction of sp³-hybridized carbons (Fsp3) is 0.357. The first-order chi connectivity index (χ1) is 10.0. The van der Waals surface area contributed by atoms with E-state index in [1.54, 1.807) is 12.1 Å². The summed E-state index contributed by atoms with van der Waals surface area (Å²) in [6.45, 7) is 0.0314. The molecule has 1 atom stereocenters. The Labute approximate surface area is 125 Å². The van der Waals surface area contributed by atoms with Crippen LogP contribution in [0.15, 0.2) is 12.1 Å². The molecule has 3 amide bonds. The molecule has 1 saturated heterocycles. The highest BCUT2D eigenvalue weighted by Crippen LogP contribution is 2.34. The minimum absolute atomic E-state index is 0.214. The molecule has 110 valence electrons. The Morgan fingerprint density at radius 2 is 2.10 bits per heavy atom. The third-order valence-corrected chi connectivity index (χ3v) is 4.31. The van der Waals surface area contributed by atoms with Crippen molar-refractivity contribution in [2.45, 2.75) is 32.0 Å². The van der Waals surface area contributed by atoms with E-state index in [1.807, 2.05) is 0 Å². The summed E-state index contributed by atoms with van der Waals surface area (Å²) in [5, 5.41) is 11.7. The fourth-order valence-corrected chi connectivity index (χ4v) is 3.10. The highest BCUT2D eigenvalue weighted by atomic mass is 35.5. The SMILES string of the molecule is O=C1CCC(N2Cc3ccc(CO)c(Cl)c3C2=O)C(=O)N1. The highest BCUT2D eigenvalue weighted by molar-refractivity contribution is 6.35. The van der Waals surface area contributed by atoms with Crippen molar-refractivity contribution < 1.29 is 19.5 Å². The van der Waals surface area contributed by atoms with Gasteiger partial charge in [0.2, 0.25) is 11.8 Å². The summed E-state index contributed by atoms with van der Waals surface area (Å²) in [6, 6.07) is 2.75. The van der Waals surface area contributed by atoms with E-state index in [0.717, 1.165) is 5.56 Å². The van der Waals surface area contributed by atoms with Crippen molar-refractivity contribution in [3.05, 3.63) is 33.8 Å². The molecular weight excluding hydrogens is 296 g/mol. The number of amides is 3. The average molecular weight is 309 g/mol. The summed E-state index contributed by atoms with van der Waals surface area (Å²) in [5.41, 5.74) is 1.55.